The first-order chi connectivity index (χ1) is 17.8. The molecule has 0 aromatic heterocycles. The molecule has 0 saturated heterocycles. The molecular weight excluding hydrogens is 508 g/mol. The summed E-state index contributed by atoms with van der Waals surface area (Å²) in [5.41, 5.74) is 0.422. The molecule has 2 amide bonds. The Bertz CT molecular complexity index is 997. The van der Waals surface area contributed by atoms with Gasteiger partial charge in [-0.25, -0.2) is 4.79 Å². The highest BCUT2D eigenvalue weighted by molar-refractivity contribution is 6.29. The molecule has 0 fully saturated rings. The van der Waals surface area contributed by atoms with Crippen molar-refractivity contribution in [2.24, 2.45) is 5.41 Å². The third kappa shape index (κ3) is 13.4. The summed E-state index contributed by atoms with van der Waals surface area (Å²) in [6, 6.07) is -0.771. The molecule has 3 atom stereocenters. The number of aliphatic hydroxyl groups is 1. The van der Waals surface area contributed by atoms with Gasteiger partial charge < -0.3 is 25.2 Å². The number of amides is 2. The van der Waals surface area contributed by atoms with E-state index < -0.39 is 29.4 Å². The van der Waals surface area contributed by atoms with Crippen molar-refractivity contribution >= 4 is 29.4 Å². The Balaban J connectivity index is 2.57. The van der Waals surface area contributed by atoms with E-state index in [-0.39, 0.29) is 17.8 Å². The van der Waals surface area contributed by atoms with Crippen LogP contribution in [0.25, 0.3) is 0 Å². The quantitative estimate of drug-likeness (QED) is 0.174. The van der Waals surface area contributed by atoms with Crippen molar-refractivity contribution in [3.05, 3.63) is 71.2 Å². The fourth-order valence-electron chi connectivity index (χ4n) is 3.34. The molecule has 0 spiro atoms. The molecular formula is C29H41ClN2O6. The largest absolute Gasteiger partial charge is 0.490 e. The Hall–Kier alpha value is -3.10. The monoisotopic (exact) mass is 548 g/mol. The Kier molecular flexibility index (Phi) is 14.5. The zero-order valence-corrected chi connectivity index (χ0v) is 23.9. The summed E-state index contributed by atoms with van der Waals surface area (Å²) >= 11 is 5.76. The van der Waals surface area contributed by atoms with Crippen LogP contribution in [0.5, 0.6) is 0 Å². The van der Waals surface area contributed by atoms with E-state index in [0.29, 0.717) is 30.7 Å². The van der Waals surface area contributed by atoms with Gasteiger partial charge in [-0.05, 0) is 44.4 Å². The van der Waals surface area contributed by atoms with Crippen molar-refractivity contribution < 1.29 is 29.0 Å². The number of methoxy groups -OCH3 is 1. The first-order valence-electron chi connectivity index (χ1n) is 12.6. The third-order valence-corrected chi connectivity index (χ3v) is 5.67. The second-order valence-electron chi connectivity index (χ2n) is 10.1. The van der Waals surface area contributed by atoms with Gasteiger partial charge in [0, 0.05) is 23.9 Å². The first-order valence-corrected chi connectivity index (χ1v) is 12.9. The lowest BCUT2D eigenvalue weighted by Crippen LogP contribution is -2.52. The summed E-state index contributed by atoms with van der Waals surface area (Å²) in [6.07, 6.45) is 16.2. The van der Waals surface area contributed by atoms with E-state index >= 15 is 0 Å². The van der Waals surface area contributed by atoms with Crippen molar-refractivity contribution in [1.29, 1.82) is 0 Å². The maximum absolute atomic E-state index is 12.7. The summed E-state index contributed by atoms with van der Waals surface area (Å²) in [5, 5.41) is 15.9. The zero-order valence-electron chi connectivity index (χ0n) is 23.1. The minimum atomic E-state index is -0.771. The number of hydrogen-bond donors (Lipinski definition) is 3. The number of aliphatic hydroxyl groups excluding tert-OH is 1. The number of allylic oxidation sites excluding steroid dienone is 5. The van der Waals surface area contributed by atoms with Gasteiger partial charge in [0.15, 0.2) is 5.76 Å². The van der Waals surface area contributed by atoms with E-state index in [0.717, 1.165) is 5.57 Å². The second kappa shape index (κ2) is 16.7. The van der Waals surface area contributed by atoms with Gasteiger partial charge in [0.1, 0.15) is 12.1 Å². The van der Waals surface area contributed by atoms with Crippen molar-refractivity contribution in [3.63, 3.8) is 0 Å². The van der Waals surface area contributed by atoms with Crippen molar-refractivity contribution in [2.75, 3.05) is 7.11 Å². The molecule has 0 aromatic carbocycles. The molecule has 0 bridgehead atoms. The van der Waals surface area contributed by atoms with Crippen molar-refractivity contribution in [1.82, 2.24) is 10.6 Å². The van der Waals surface area contributed by atoms with Crippen molar-refractivity contribution in [2.45, 2.75) is 78.6 Å². The van der Waals surface area contributed by atoms with E-state index in [1.165, 1.54) is 19.4 Å². The van der Waals surface area contributed by atoms with Crippen LogP contribution in [-0.2, 0) is 23.9 Å². The lowest BCUT2D eigenvalue weighted by Gasteiger charge is -2.29. The van der Waals surface area contributed by atoms with Gasteiger partial charge in [0.25, 0.3) is 0 Å². The van der Waals surface area contributed by atoms with Crippen LogP contribution in [0.15, 0.2) is 71.2 Å². The van der Waals surface area contributed by atoms with Crippen LogP contribution in [0.2, 0.25) is 0 Å². The standard InChI is InChI=1S/C29H41ClN2O6/c1-20(13-16-23-17-18-24(37-6)28(36)38-23)10-7-8-12-25(34)32-26(29(3,4)5)27(35)31-19-9-11-22(33)15-14-21(2)30/h7-10,12-14,18-19,22-23,26,33H,11,15-17H2,1-6H3,(H,31,35)(H,32,34)/b10-7+,12-8+,19-9-,20-13+,21-14+. The highest BCUT2D eigenvalue weighted by Gasteiger charge is 2.31. The van der Waals surface area contributed by atoms with Gasteiger partial charge in [-0.2, -0.15) is 0 Å². The average molecular weight is 549 g/mol. The van der Waals surface area contributed by atoms with Crippen LogP contribution in [0.4, 0.5) is 0 Å². The van der Waals surface area contributed by atoms with Crippen LogP contribution in [-0.4, -0.2) is 48.2 Å². The Labute approximate surface area is 231 Å². The highest BCUT2D eigenvalue weighted by Crippen LogP contribution is 2.20. The lowest BCUT2D eigenvalue weighted by atomic mass is 9.86. The SMILES string of the molecule is COC1=CCC(C/C=C(C)/C=C/C=C/C(=O)NC(C(=O)N/C=C\CC(O)C/C=C(\C)Cl)C(C)(C)C)OC1=O. The molecule has 0 saturated carbocycles. The van der Waals surface area contributed by atoms with Gasteiger partial charge in [0.05, 0.1) is 13.2 Å². The fourth-order valence-corrected chi connectivity index (χ4v) is 3.43. The zero-order chi connectivity index (χ0) is 28.7. The highest BCUT2D eigenvalue weighted by atomic mass is 35.5. The van der Waals surface area contributed by atoms with E-state index in [9.17, 15) is 19.5 Å². The molecule has 3 unspecified atom stereocenters. The summed E-state index contributed by atoms with van der Waals surface area (Å²) < 4.78 is 10.3. The smallest absolute Gasteiger partial charge is 0.373 e. The molecule has 3 N–H and O–H groups in total. The van der Waals surface area contributed by atoms with Crippen molar-refractivity contribution in [3.8, 4) is 0 Å². The van der Waals surface area contributed by atoms with Gasteiger partial charge >= 0.3 is 5.97 Å². The number of rotatable bonds is 13. The summed E-state index contributed by atoms with van der Waals surface area (Å²) in [5.74, 6) is -0.979. The number of esters is 1. The van der Waals surface area contributed by atoms with Gasteiger partial charge in [0.2, 0.25) is 11.8 Å². The number of ether oxygens (including phenoxy) is 2. The van der Waals surface area contributed by atoms with Crippen LogP contribution in [0.3, 0.4) is 0 Å². The Morgan fingerprint density at radius 2 is 1.89 bits per heavy atom. The normalized spacial score (nSPS) is 18.9. The van der Waals surface area contributed by atoms with Gasteiger partial charge in [-0.15, -0.1) is 0 Å². The van der Waals surface area contributed by atoms with Crippen LogP contribution in [0, 0.1) is 5.41 Å². The van der Waals surface area contributed by atoms with Crippen LogP contribution in [0.1, 0.15) is 60.3 Å². The summed E-state index contributed by atoms with van der Waals surface area (Å²) in [7, 11) is 1.44. The van der Waals surface area contributed by atoms with Gasteiger partial charge in [-0.3, -0.25) is 9.59 Å². The maximum atomic E-state index is 12.7. The van der Waals surface area contributed by atoms with E-state index in [1.807, 2.05) is 39.8 Å². The second-order valence-corrected chi connectivity index (χ2v) is 10.7. The van der Waals surface area contributed by atoms with E-state index in [2.05, 4.69) is 10.6 Å². The molecule has 38 heavy (non-hydrogen) atoms. The average Bonchev–Trinajstić information content (AvgIpc) is 2.84. The molecule has 1 rings (SSSR count). The molecule has 210 valence electrons. The molecule has 1 aliphatic rings. The summed E-state index contributed by atoms with van der Waals surface area (Å²) in [6.45, 7) is 9.23. The number of hydrogen-bond acceptors (Lipinski definition) is 6. The molecule has 0 aromatic rings. The van der Waals surface area contributed by atoms with Gasteiger partial charge in [-0.1, -0.05) is 74.4 Å². The van der Waals surface area contributed by atoms with Crippen LogP contribution < -0.4 is 10.6 Å². The number of cyclic esters (lactones) is 1. The number of halogens is 1. The number of nitrogens with one attached hydrogen (secondary N) is 2. The lowest BCUT2D eigenvalue weighted by molar-refractivity contribution is -0.149. The molecule has 1 aliphatic heterocycles. The molecule has 8 nitrogen and oxygen atoms in total. The maximum Gasteiger partial charge on any atom is 0.373 e. The van der Waals surface area contributed by atoms with Crippen LogP contribution >= 0.6 is 11.6 Å². The summed E-state index contributed by atoms with van der Waals surface area (Å²) in [4.78, 5) is 36.9. The molecule has 9 heteroatoms. The number of carbonyl (C=O) groups is 3. The van der Waals surface area contributed by atoms with E-state index in [1.54, 1.807) is 37.3 Å². The minimum Gasteiger partial charge on any atom is -0.490 e. The Morgan fingerprint density at radius 3 is 2.50 bits per heavy atom. The first kappa shape index (κ1) is 32.9. The minimum absolute atomic E-state index is 0.231. The fraction of sp³-hybridized carbons (Fsp3) is 0.483. The number of carbonyl (C=O) groups excluding carboxylic acids is 3. The molecule has 0 aliphatic carbocycles. The predicted octanol–water partition coefficient (Wildman–Crippen LogP) is 4.73. The molecule has 0 radical (unpaired) electrons. The van der Waals surface area contributed by atoms with E-state index in [4.69, 9.17) is 21.1 Å². The third-order valence-electron chi connectivity index (χ3n) is 5.52. The Morgan fingerprint density at radius 1 is 1.21 bits per heavy atom. The predicted molar refractivity (Wildman–Crippen MR) is 150 cm³/mol. The topological polar surface area (TPSA) is 114 Å². The molecule has 1 heterocycles.